The summed E-state index contributed by atoms with van der Waals surface area (Å²) < 4.78 is 0. The van der Waals surface area contributed by atoms with Crippen LogP contribution in [0.5, 0.6) is 0 Å². The average molecular weight is 154 g/mol. The van der Waals surface area contributed by atoms with Gasteiger partial charge in [-0.05, 0) is 30.2 Å². The lowest BCUT2D eigenvalue weighted by Crippen LogP contribution is -1.80. The molecule has 0 radical (unpaired) electrons. The maximum Gasteiger partial charge on any atom is -0.0104 e. The maximum atomic E-state index is 3.09. The molecule has 0 fully saturated rings. The predicted molar refractivity (Wildman–Crippen MR) is 52.8 cm³/mol. The van der Waals surface area contributed by atoms with Gasteiger partial charge in [0.05, 0.1) is 0 Å². The monoisotopic (exact) mass is 154 g/mol. The second-order valence-electron chi connectivity index (χ2n) is 2.97. The second-order valence-corrected chi connectivity index (χ2v) is 2.97. The lowest BCUT2D eigenvalue weighted by molar-refractivity contribution is 1.45. The molecule has 1 aromatic carbocycles. The van der Waals surface area contributed by atoms with Crippen molar-refractivity contribution in [3.63, 3.8) is 0 Å². The van der Waals surface area contributed by atoms with Crippen molar-refractivity contribution in [3.05, 3.63) is 52.8 Å². The largest absolute Gasteiger partial charge is 0.120 e. The maximum absolute atomic E-state index is 3.09. The molecule has 1 aromatic rings. The summed E-state index contributed by atoms with van der Waals surface area (Å²) in [6.45, 7) is 2.10. The number of allylic oxidation sites excluding steroid dienone is 2. The summed E-state index contributed by atoms with van der Waals surface area (Å²) >= 11 is 0. The van der Waals surface area contributed by atoms with E-state index < -0.39 is 0 Å². The molecule has 0 aromatic heterocycles. The van der Waals surface area contributed by atoms with E-state index in [1.807, 2.05) is 18.2 Å². The Kier molecular flexibility index (Phi) is 1.69. The van der Waals surface area contributed by atoms with Crippen molar-refractivity contribution >= 4 is 12.2 Å². The first kappa shape index (κ1) is 7.15. The molecule has 0 amide bonds. The minimum absolute atomic E-state index is 1.25. The third kappa shape index (κ3) is 1.25. The Morgan fingerprint density at radius 2 is 2.08 bits per heavy atom. The lowest BCUT2D eigenvalue weighted by atomic mass is 10.0. The van der Waals surface area contributed by atoms with E-state index in [-0.39, 0.29) is 0 Å². The van der Waals surface area contributed by atoms with E-state index in [2.05, 4.69) is 36.9 Å². The van der Waals surface area contributed by atoms with Gasteiger partial charge in [-0.3, -0.25) is 0 Å². The number of hydrogen-bond donors (Lipinski definition) is 0. The van der Waals surface area contributed by atoms with Crippen LogP contribution in [-0.4, -0.2) is 0 Å². The van der Waals surface area contributed by atoms with Crippen LogP contribution in [0.2, 0.25) is 0 Å². The summed E-state index contributed by atoms with van der Waals surface area (Å²) in [5, 5.41) is 0. The molecule has 0 bridgehead atoms. The average Bonchev–Trinajstić information content (AvgIpc) is 2.28. The van der Waals surface area contributed by atoms with Crippen LogP contribution < -0.4 is 0 Å². The fourth-order valence-corrected chi connectivity index (χ4v) is 1.32. The zero-order valence-corrected chi connectivity index (χ0v) is 7.04. The normalized spacial score (nSPS) is 12.8. The molecule has 0 N–H and O–H groups in total. The van der Waals surface area contributed by atoms with Crippen molar-refractivity contribution in [1.29, 1.82) is 0 Å². The number of hydrogen-bond acceptors (Lipinski definition) is 0. The summed E-state index contributed by atoms with van der Waals surface area (Å²) in [5.74, 6) is 0. The van der Waals surface area contributed by atoms with Gasteiger partial charge < -0.3 is 0 Å². The van der Waals surface area contributed by atoms with Gasteiger partial charge in [0, 0.05) is 0 Å². The quantitative estimate of drug-likeness (QED) is 0.503. The number of fused-ring (bicyclic) bond motifs is 1. The highest BCUT2D eigenvalue weighted by atomic mass is 14.0. The van der Waals surface area contributed by atoms with Crippen LogP contribution in [0.15, 0.2) is 36.1 Å². The van der Waals surface area contributed by atoms with Gasteiger partial charge in [-0.15, -0.1) is 5.73 Å². The van der Waals surface area contributed by atoms with Gasteiger partial charge in [0.1, 0.15) is 0 Å². The van der Waals surface area contributed by atoms with Gasteiger partial charge in [0.15, 0.2) is 0 Å². The zero-order valence-electron chi connectivity index (χ0n) is 7.04. The van der Waals surface area contributed by atoms with E-state index in [0.29, 0.717) is 0 Å². The van der Waals surface area contributed by atoms with E-state index in [0.717, 1.165) is 0 Å². The van der Waals surface area contributed by atoms with Gasteiger partial charge in [0.2, 0.25) is 0 Å². The SMILES string of the molecule is Cc1ccc2c(c1)C=C=CC=C2. The number of benzene rings is 1. The molecule has 0 spiro atoms. The Bertz CT molecular complexity index is 388. The van der Waals surface area contributed by atoms with Crippen LogP contribution in [0.3, 0.4) is 0 Å². The summed E-state index contributed by atoms with van der Waals surface area (Å²) in [6.07, 6.45) is 8.06. The van der Waals surface area contributed by atoms with E-state index in [4.69, 9.17) is 0 Å². The first-order valence-electron chi connectivity index (χ1n) is 4.06. The van der Waals surface area contributed by atoms with E-state index >= 15 is 0 Å². The van der Waals surface area contributed by atoms with Gasteiger partial charge in [-0.25, -0.2) is 0 Å². The standard InChI is InChI=1S/C12H10/c1-10-7-8-11-5-3-2-4-6-12(11)9-10/h2-3,5-9H,1H3. The molecule has 0 atom stereocenters. The van der Waals surface area contributed by atoms with Gasteiger partial charge >= 0.3 is 0 Å². The molecule has 0 saturated heterocycles. The van der Waals surface area contributed by atoms with E-state index in [1.54, 1.807) is 0 Å². The Morgan fingerprint density at radius 3 is 3.00 bits per heavy atom. The Morgan fingerprint density at radius 1 is 1.17 bits per heavy atom. The summed E-state index contributed by atoms with van der Waals surface area (Å²) in [7, 11) is 0. The fraction of sp³-hybridized carbons (Fsp3) is 0.0833. The molecular weight excluding hydrogens is 144 g/mol. The van der Waals surface area contributed by atoms with Crippen LogP contribution >= 0.6 is 0 Å². The Hall–Kier alpha value is -1.52. The van der Waals surface area contributed by atoms with Crippen molar-refractivity contribution in [3.8, 4) is 0 Å². The third-order valence-electron chi connectivity index (χ3n) is 1.95. The smallest absolute Gasteiger partial charge is 0.0104 e. The Balaban J connectivity index is 2.66. The van der Waals surface area contributed by atoms with Crippen LogP contribution in [-0.2, 0) is 0 Å². The molecule has 0 nitrogen and oxygen atoms in total. The van der Waals surface area contributed by atoms with E-state index in [1.165, 1.54) is 16.7 Å². The molecular formula is C12H10. The topological polar surface area (TPSA) is 0 Å². The van der Waals surface area contributed by atoms with Crippen LogP contribution in [0.1, 0.15) is 16.7 Å². The molecule has 58 valence electrons. The van der Waals surface area contributed by atoms with Crippen molar-refractivity contribution in [1.82, 2.24) is 0 Å². The van der Waals surface area contributed by atoms with Gasteiger partial charge in [-0.2, -0.15) is 0 Å². The lowest BCUT2D eigenvalue weighted by Gasteiger charge is -2.00. The summed E-state index contributed by atoms with van der Waals surface area (Å²) in [5.41, 5.74) is 6.90. The van der Waals surface area contributed by atoms with Gasteiger partial charge in [0.25, 0.3) is 0 Å². The van der Waals surface area contributed by atoms with Crippen molar-refractivity contribution in [2.75, 3.05) is 0 Å². The van der Waals surface area contributed by atoms with E-state index in [9.17, 15) is 0 Å². The molecule has 0 heteroatoms. The van der Waals surface area contributed by atoms with Crippen molar-refractivity contribution in [2.45, 2.75) is 6.92 Å². The predicted octanol–water partition coefficient (Wildman–Crippen LogP) is 3.19. The molecule has 1 aliphatic carbocycles. The summed E-state index contributed by atoms with van der Waals surface area (Å²) in [6, 6.07) is 6.44. The molecule has 0 saturated carbocycles. The molecule has 0 heterocycles. The molecule has 2 rings (SSSR count). The van der Waals surface area contributed by atoms with Gasteiger partial charge in [-0.1, -0.05) is 35.9 Å². The first-order valence-corrected chi connectivity index (χ1v) is 4.06. The third-order valence-corrected chi connectivity index (χ3v) is 1.95. The minimum Gasteiger partial charge on any atom is -0.120 e. The molecule has 12 heavy (non-hydrogen) atoms. The van der Waals surface area contributed by atoms with Crippen LogP contribution in [0.25, 0.3) is 12.2 Å². The van der Waals surface area contributed by atoms with Crippen molar-refractivity contribution < 1.29 is 0 Å². The first-order chi connectivity index (χ1) is 5.86. The zero-order chi connectivity index (χ0) is 8.39. The highest BCUT2D eigenvalue weighted by Gasteiger charge is 1.96. The Labute approximate surface area is 72.5 Å². The number of rotatable bonds is 0. The highest BCUT2D eigenvalue weighted by Crippen LogP contribution is 2.16. The number of aryl methyl sites for hydroxylation is 1. The highest BCUT2D eigenvalue weighted by molar-refractivity contribution is 5.68. The summed E-state index contributed by atoms with van der Waals surface area (Å²) in [4.78, 5) is 0. The van der Waals surface area contributed by atoms with Crippen molar-refractivity contribution in [2.24, 2.45) is 0 Å². The molecule has 0 unspecified atom stereocenters. The fourth-order valence-electron chi connectivity index (χ4n) is 1.32. The van der Waals surface area contributed by atoms with Crippen LogP contribution in [0, 0.1) is 6.92 Å². The van der Waals surface area contributed by atoms with Crippen LogP contribution in [0.4, 0.5) is 0 Å². The second kappa shape index (κ2) is 2.84. The molecule has 0 aliphatic heterocycles. The minimum atomic E-state index is 1.25. The molecule has 1 aliphatic rings.